The highest BCUT2D eigenvalue weighted by atomic mass is 16.5. The van der Waals surface area contributed by atoms with Crippen molar-refractivity contribution < 1.29 is 14.3 Å². The first-order valence-electron chi connectivity index (χ1n) is 7.78. The summed E-state index contributed by atoms with van der Waals surface area (Å²) in [6.07, 6.45) is 1.56. The quantitative estimate of drug-likeness (QED) is 0.483. The molecule has 0 aliphatic carbocycles. The Hall–Kier alpha value is -2.82. The molecule has 0 fully saturated rings. The molecule has 2 aromatic rings. The predicted octanol–water partition coefficient (Wildman–Crippen LogP) is 3.23. The van der Waals surface area contributed by atoms with Crippen LogP contribution in [0.2, 0.25) is 0 Å². The van der Waals surface area contributed by atoms with Crippen LogP contribution in [0.4, 0.5) is 0 Å². The number of carbonyl (C=O) groups is 1. The smallest absolute Gasteiger partial charge is 0.236 e. The van der Waals surface area contributed by atoms with Crippen LogP contribution in [-0.4, -0.2) is 25.3 Å². The number of carbonyl (C=O) groups excluding carboxylic acids is 1. The van der Waals surface area contributed by atoms with Crippen molar-refractivity contribution in [2.24, 2.45) is 5.10 Å². The van der Waals surface area contributed by atoms with Crippen molar-refractivity contribution in [3.05, 3.63) is 59.2 Å². The van der Waals surface area contributed by atoms with Gasteiger partial charge in [0.05, 0.1) is 6.21 Å². The fraction of sp³-hybridized carbons (Fsp3) is 0.263. The van der Waals surface area contributed by atoms with E-state index in [2.05, 4.69) is 24.4 Å². The molecule has 5 nitrogen and oxygen atoms in total. The van der Waals surface area contributed by atoms with Crippen LogP contribution in [-0.2, 0) is 4.79 Å². The van der Waals surface area contributed by atoms with E-state index in [-0.39, 0.29) is 5.91 Å². The maximum Gasteiger partial charge on any atom is 0.236 e. The monoisotopic (exact) mass is 326 g/mol. The highest BCUT2D eigenvalue weighted by Gasteiger charge is 2.02. The molecule has 126 valence electrons. The summed E-state index contributed by atoms with van der Waals surface area (Å²) in [5, 5.41) is 3.86. The summed E-state index contributed by atoms with van der Waals surface area (Å²) in [4.78, 5) is 10.8. The van der Waals surface area contributed by atoms with E-state index in [0.29, 0.717) is 19.0 Å². The van der Waals surface area contributed by atoms with Crippen molar-refractivity contribution in [3.8, 4) is 11.5 Å². The largest absolute Gasteiger partial charge is 0.490 e. The molecule has 0 heterocycles. The number of ether oxygens (including phenoxy) is 2. The van der Waals surface area contributed by atoms with Crippen LogP contribution >= 0.6 is 0 Å². The van der Waals surface area contributed by atoms with E-state index in [1.807, 2.05) is 42.5 Å². The standard InChI is InChI=1S/C19H22N2O3/c1-14-8-9-18(12-15(14)2)23-10-11-24-19-7-5-4-6-17(19)13-20-21-16(3)22/h4-9,12-13H,10-11H2,1-3H3,(H,21,22)/b20-13+. The lowest BCUT2D eigenvalue weighted by Gasteiger charge is -2.11. The Morgan fingerprint density at radius 2 is 1.83 bits per heavy atom. The summed E-state index contributed by atoms with van der Waals surface area (Å²) in [6.45, 7) is 6.40. The van der Waals surface area contributed by atoms with Crippen molar-refractivity contribution in [1.82, 2.24) is 5.43 Å². The van der Waals surface area contributed by atoms with Gasteiger partial charge in [-0.3, -0.25) is 4.79 Å². The number of hydrogen-bond acceptors (Lipinski definition) is 4. The molecular weight excluding hydrogens is 304 g/mol. The number of nitrogens with zero attached hydrogens (tertiary/aromatic N) is 1. The summed E-state index contributed by atoms with van der Waals surface area (Å²) >= 11 is 0. The average molecular weight is 326 g/mol. The Kier molecular flexibility index (Phi) is 6.37. The van der Waals surface area contributed by atoms with Crippen molar-refractivity contribution in [1.29, 1.82) is 0 Å². The zero-order chi connectivity index (χ0) is 17.4. The summed E-state index contributed by atoms with van der Waals surface area (Å²) < 4.78 is 11.4. The lowest BCUT2D eigenvalue weighted by atomic mass is 10.1. The van der Waals surface area contributed by atoms with E-state index in [9.17, 15) is 4.79 Å². The van der Waals surface area contributed by atoms with Crippen molar-refractivity contribution in [2.75, 3.05) is 13.2 Å². The maximum absolute atomic E-state index is 10.8. The van der Waals surface area contributed by atoms with Gasteiger partial charge in [-0.05, 0) is 49.2 Å². The lowest BCUT2D eigenvalue weighted by molar-refractivity contribution is -0.118. The van der Waals surface area contributed by atoms with Crippen molar-refractivity contribution >= 4 is 12.1 Å². The van der Waals surface area contributed by atoms with Crippen molar-refractivity contribution in [3.63, 3.8) is 0 Å². The minimum Gasteiger partial charge on any atom is -0.490 e. The molecular formula is C19H22N2O3. The lowest BCUT2D eigenvalue weighted by Crippen LogP contribution is -2.13. The van der Waals surface area contributed by atoms with Gasteiger partial charge in [0.15, 0.2) is 0 Å². The molecule has 0 saturated carbocycles. The average Bonchev–Trinajstić information content (AvgIpc) is 2.55. The summed E-state index contributed by atoms with van der Waals surface area (Å²) in [6, 6.07) is 13.5. The number of amides is 1. The molecule has 0 bridgehead atoms. The molecule has 0 aromatic heterocycles. The summed E-state index contributed by atoms with van der Waals surface area (Å²) in [5.74, 6) is 1.31. The molecule has 0 saturated heterocycles. The normalized spacial score (nSPS) is 10.6. The third-order valence-corrected chi connectivity index (χ3v) is 3.43. The van der Waals surface area contributed by atoms with Crippen LogP contribution in [0, 0.1) is 13.8 Å². The molecule has 0 atom stereocenters. The second kappa shape index (κ2) is 8.72. The Balaban J connectivity index is 1.86. The van der Waals surface area contributed by atoms with Crippen LogP contribution in [0.3, 0.4) is 0 Å². The molecule has 5 heteroatoms. The van der Waals surface area contributed by atoms with Crippen LogP contribution < -0.4 is 14.9 Å². The number of rotatable bonds is 7. The molecule has 24 heavy (non-hydrogen) atoms. The highest BCUT2D eigenvalue weighted by Crippen LogP contribution is 2.17. The number of hydrazone groups is 1. The number of nitrogens with one attached hydrogen (secondary N) is 1. The Labute approximate surface area is 142 Å². The molecule has 2 rings (SSSR count). The van der Waals surface area contributed by atoms with Gasteiger partial charge < -0.3 is 9.47 Å². The van der Waals surface area contributed by atoms with Gasteiger partial charge in [0, 0.05) is 12.5 Å². The maximum atomic E-state index is 10.8. The van der Waals surface area contributed by atoms with Crippen LogP contribution in [0.25, 0.3) is 0 Å². The first kappa shape index (κ1) is 17.5. The van der Waals surface area contributed by atoms with Crippen LogP contribution in [0.1, 0.15) is 23.6 Å². The molecule has 1 amide bonds. The topological polar surface area (TPSA) is 59.9 Å². The van der Waals surface area contributed by atoms with E-state index < -0.39 is 0 Å². The van der Waals surface area contributed by atoms with Gasteiger partial charge in [0.25, 0.3) is 0 Å². The number of benzene rings is 2. The minimum absolute atomic E-state index is 0.216. The first-order valence-corrected chi connectivity index (χ1v) is 7.78. The SMILES string of the molecule is CC(=O)N/N=C/c1ccccc1OCCOc1ccc(C)c(C)c1. The minimum atomic E-state index is -0.216. The van der Waals surface area contributed by atoms with E-state index >= 15 is 0 Å². The molecule has 2 aromatic carbocycles. The van der Waals surface area contributed by atoms with Gasteiger partial charge >= 0.3 is 0 Å². The number of para-hydroxylation sites is 1. The third kappa shape index (κ3) is 5.43. The van der Waals surface area contributed by atoms with Gasteiger partial charge in [-0.1, -0.05) is 18.2 Å². The molecule has 0 spiro atoms. The van der Waals surface area contributed by atoms with Gasteiger partial charge in [0.2, 0.25) is 5.91 Å². The molecule has 0 aliphatic heterocycles. The fourth-order valence-electron chi connectivity index (χ4n) is 2.03. The second-order valence-corrected chi connectivity index (χ2v) is 5.41. The van der Waals surface area contributed by atoms with Crippen LogP contribution in [0.15, 0.2) is 47.6 Å². The first-order chi connectivity index (χ1) is 11.6. The molecule has 0 unspecified atom stereocenters. The van der Waals surface area contributed by atoms with E-state index in [4.69, 9.17) is 9.47 Å². The Morgan fingerprint density at radius 1 is 1.08 bits per heavy atom. The van der Waals surface area contributed by atoms with Crippen molar-refractivity contribution in [2.45, 2.75) is 20.8 Å². The van der Waals surface area contributed by atoms with E-state index in [1.165, 1.54) is 18.1 Å². The predicted molar refractivity (Wildman–Crippen MR) is 94.8 cm³/mol. The highest BCUT2D eigenvalue weighted by molar-refractivity contribution is 5.84. The van der Waals surface area contributed by atoms with Gasteiger partial charge in [0.1, 0.15) is 24.7 Å². The summed E-state index contributed by atoms with van der Waals surface area (Å²) in [7, 11) is 0. The molecule has 1 N–H and O–H groups in total. The second-order valence-electron chi connectivity index (χ2n) is 5.41. The van der Waals surface area contributed by atoms with Gasteiger partial charge in [-0.15, -0.1) is 0 Å². The number of aryl methyl sites for hydroxylation is 2. The van der Waals surface area contributed by atoms with E-state index in [0.717, 1.165) is 11.3 Å². The fourth-order valence-corrected chi connectivity index (χ4v) is 2.03. The third-order valence-electron chi connectivity index (χ3n) is 3.43. The van der Waals surface area contributed by atoms with Gasteiger partial charge in [-0.25, -0.2) is 5.43 Å². The Bertz CT molecular complexity index is 726. The van der Waals surface area contributed by atoms with E-state index in [1.54, 1.807) is 6.21 Å². The Morgan fingerprint density at radius 3 is 2.58 bits per heavy atom. The zero-order valence-electron chi connectivity index (χ0n) is 14.2. The number of hydrogen-bond donors (Lipinski definition) is 1. The molecule has 0 aliphatic rings. The van der Waals surface area contributed by atoms with Gasteiger partial charge in [-0.2, -0.15) is 5.10 Å². The zero-order valence-corrected chi connectivity index (χ0v) is 14.2. The summed E-state index contributed by atoms with van der Waals surface area (Å²) in [5.41, 5.74) is 5.60. The van der Waals surface area contributed by atoms with Crippen LogP contribution in [0.5, 0.6) is 11.5 Å². The molecule has 0 radical (unpaired) electrons.